The number of phenolic OH excluding ortho intramolecular Hbond substituents is 1. The normalized spacial score (nSPS) is 19.5. The number of nitrogens with one attached hydrogen (secondary N) is 3. The molecule has 1 aliphatic heterocycles. The molecule has 0 radical (unpaired) electrons. The number of likely N-dealkylation sites (N-methyl/N-ethyl adjacent to an activating group) is 1. The number of hydrogen-bond donors (Lipinski definition) is 7. The number of rotatable bonds is 17. The number of hydrogen-bond acceptors (Lipinski definition) is 7. The lowest BCUT2D eigenvalue weighted by Gasteiger charge is -2.32. The molecule has 0 bridgehead atoms. The smallest absolute Gasteiger partial charge is 0.243 e. The molecule has 2 aliphatic carbocycles. The molecule has 5 rings (SSSR count). The van der Waals surface area contributed by atoms with Crippen LogP contribution in [-0.2, 0) is 16.0 Å². The summed E-state index contributed by atoms with van der Waals surface area (Å²) in [4.78, 5) is 33.0. The van der Waals surface area contributed by atoms with Crippen molar-refractivity contribution in [3.05, 3.63) is 95.1 Å². The molecule has 0 saturated carbocycles. The fourth-order valence-corrected chi connectivity index (χ4v) is 6.51. The lowest BCUT2D eigenvalue weighted by atomic mass is 9.89. The van der Waals surface area contributed by atoms with Crippen LogP contribution in [0.3, 0.4) is 0 Å². The largest absolute Gasteiger partial charge is 0.508 e. The zero-order valence-corrected chi connectivity index (χ0v) is 27.6. The van der Waals surface area contributed by atoms with Crippen LogP contribution in [-0.4, -0.2) is 77.4 Å². The number of guanidine groups is 1. The van der Waals surface area contributed by atoms with Crippen LogP contribution in [0.1, 0.15) is 67.7 Å². The van der Waals surface area contributed by atoms with Crippen LogP contribution in [0.25, 0.3) is 5.57 Å². The van der Waals surface area contributed by atoms with E-state index in [1.54, 1.807) is 31.3 Å². The predicted octanol–water partition coefficient (Wildman–Crippen LogP) is 2.76. The molecule has 0 aromatic heterocycles. The number of nitrogens with zero attached hydrogens (tertiary/aromatic N) is 2. The number of carbonyl (C=O) groups excluding carboxylic acids is 2. The number of aliphatic hydroxyl groups is 1. The number of fused-ring (bicyclic) bond motifs is 3. The monoisotopic (exact) mass is 655 g/mol. The average molecular weight is 656 g/mol. The minimum Gasteiger partial charge on any atom is -0.508 e. The van der Waals surface area contributed by atoms with Crippen molar-refractivity contribution in [2.24, 2.45) is 16.5 Å². The third kappa shape index (κ3) is 9.56. The quantitative estimate of drug-likeness (QED) is 0.0445. The molecule has 9 N–H and O–H groups in total. The van der Waals surface area contributed by atoms with Crippen molar-refractivity contribution in [1.29, 1.82) is 0 Å². The number of aromatic hydroxyl groups is 1. The van der Waals surface area contributed by atoms with Gasteiger partial charge < -0.3 is 37.2 Å². The number of benzene rings is 2. The highest BCUT2D eigenvalue weighted by Crippen LogP contribution is 2.42. The molecular weight excluding hydrogens is 606 g/mol. The molecule has 1 saturated heterocycles. The number of nitrogens with two attached hydrogens (primary N) is 2. The van der Waals surface area contributed by atoms with Crippen LogP contribution >= 0.6 is 0 Å². The Hall–Kier alpha value is -4.45. The molecule has 0 spiro atoms. The van der Waals surface area contributed by atoms with Gasteiger partial charge in [0, 0.05) is 32.6 Å². The standard InChI is InChI=1S/C37H49N7O4/c1-44(33(46)18-15-24-13-16-27(45)17-14-24)32(22-25-8-3-2-4-9-25)36(48)43-30(12-7-20-41-37(38)39)35(47)40-21-19-26-23-31-34(42-31)29-11-6-5-10-28(26)29/h2-3,5-6,8,10-11,13-14,16-17,23,30-32,34-35,40,42,45,47H,4,7,9,12,15,18-22H2,1H3,(H,43,48)(H4,38,39,41)/t30?,31?,32-,34?,35?/m0/s1. The van der Waals surface area contributed by atoms with Crippen LogP contribution in [0, 0.1) is 0 Å². The fraction of sp³-hybridized carbons (Fsp3) is 0.432. The summed E-state index contributed by atoms with van der Waals surface area (Å²) in [6.07, 6.45) is 11.8. The van der Waals surface area contributed by atoms with Crippen LogP contribution in [0.2, 0.25) is 0 Å². The van der Waals surface area contributed by atoms with Crippen LogP contribution in [0.4, 0.5) is 0 Å². The van der Waals surface area contributed by atoms with E-state index in [1.807, 2.05) is 18.2 Å². The first kappa shape index (κ1) is 34.9. The van der Waals surface area contributed by atoms with Crippen LogP contribution in [0.15, 0.2) is 83.4 Å². The second kappa shape index (κ2) is 16.6. The van der Waals surface area contributed by atoms with Gasteiger partial charge in [0.05, 0.1) is 12.1 Å². The van der Waals surface area contributed by atoms with E-state index in [2.05, 4.69) is 51.3 Å². The molecule has 48 heavy (non-hydrogen) atoms. The molecule has 3 aliphatic rings. The Balaban J connectivity index is 1.25. The summed E-state index contributed by atoms with van der Waals surface area (Å²) >= 11 is 0. The zero-order chi connectivity index (χ0) is 34.0. The van der Waals surface area contributed by atoms with Gasteiger partial charge in [-0.25, -0.2) is 0 Å². The number of amides is 2. The molecule has 5 atom stereocenters. The van der Waals surface area contributed by atoms with Gasteiger partial charge in [-0.1, -0.05) is 66.3 Å². The lowest BCUT2D eigenvalue weighted by Crippen LogP contribution is -2.56. The van der Waals surface area contributed by atoms with E-state index in [1.165, 1.54) is 21.6 Å². The van der Waals surface area contributed by atoms with Gasteiger partial charge in [-0.05, 0) is 79.3 Å². The Morgan fingerprint density at radius 2 is 1.92 bits per heavy atom. The summed E-state index contributed by atoms with van der Waals surface area (Å²) in [7, 11) is 1.67. The second-order valence-electron chi connectivity index (χ2n) is 12.8. The van der Waals surface area contributed by atoms with E-state index in [4.69, 9.17) is 11.5 Å². The van der Waals surface area contributed by atoms with Gasteiger partial charge in [-0.2, -0.15) is 0 Å². The van der Waals surface area contributed by atoms with E-state index in [9.17, 15) is 19.8 Å². The number of carbonyl (C=O) groups is 2. The molecule has 11 nitrogen and oxygen atoms in total. The highest BCUT2D eigenvalue weighted by Gasteiger charge is 2.40. The van der Waals surface area contributed by atoms with Gasteiger partial charge >= 0.3 is 0 Å². The average Bonchev–Trinajstić information content (AvgIpc) is 3.88. The highest BCUT2D eigenvalue weighted by atomic mass is 16.3. The van der Waals surface area contributed by atoms with Crippen molar-refractivity contribution in [3.63, 3.8) is 0 Å². The van der Waals surface area contributed by atoms with E-state index in [0.717, 1.165) is 30.4 Å². The SMILES string of the molecule is CN(C(=O)CCc1ccc(O)cc1)[C@@H](CC1=CC=CCC1)C(=O)NC(CCCN=C(N)N)C(O)NCCC1=CC2NC2c2ccccc21. The van der Waals surface area contributed by atoms with E-state index < -0.39 is 18.3 Å². The summed E-state index contributed by atoms with van der Waals surface area (Å²) in [5.74, 6) is -0.326. The van der Waals surface area contributed by atoms with Gasteiger partial charge in [0.25, 0.3) is 0 Å². The minimum atomic E-state index is -1.03. The predicted molar refractivity (Wildman–Crippen MR) is 189 cm³/mol. The minimum absolute atomic E-state index is 0.00926. The Bertz CT molecular complexity index is 1550. The lowest BCUT2D eigenvalue weighted by molar-refractivity contribution is -0.139. The van der Waals surface area contributed by atoms with Crippen molar-refractivity contribution in [3.8, 4) is 5.75 Å². The highest BCUT2D eigenvalue weighted by molar-refractivity contribution is 5.88. The fourth-order valence-electron chi connectivity index (χ4n) is 6.51. The van der Waals surface area contributed by atoms with Gasteiger partial charge in [0.2, 0.25) is 11.8 Å². The number of aliphatic hydroxyl groups excluding tert-OH is 1. The van der Waals surface area contributed by atoms with E-state index in [-0.39, 0.29) is 29.9 Å². The number of allylic oxidation sites excluding steroid dienone is 3. The molecule has 11 heteroatoms. The summed E-state index contributed by atoms with van der Waals surface area (Å²) in [5.41, 5.74) is 16.8. The topological polar surface area (TPSA) is 188 Å². The van der Waals surface area contributed by atoms with Crippen molar-refractivity contribution >= 4 is 23.3 Å². The number of phenols is 1. The molecular formula is C37H49N7O4. The van der Waals surface area contributed by atoms with Crippen molar-refractivity contribution in [1.82, 2.24) is 20.9 Å². The molecule has 1 fully saturated rings. The summed E-state index contributed by atoms with van der Waals surface area (Å²) < 4.78 is 0. The van der Waals surface area contributed by atoms with E-state index >= 15 is 0 Å². The maximum Gasteiger partial charge on any atom is 0.243 e. The van der Waals surface area contributed by atoms with Crippen LogP contribution < -0.4 is 27.4 Å². The first-order valence-electron chi connectivity index (χ1n) is 16.9. The first-order valence-corrected chi connectivity index (χ1v) is 16.9. The molecule has 2 aromatic rings. The molecule has 2 amide bonds. The van der Waals surface area contributed by atoms with E-state index in [0.29, 0.717) is 50.9 Å². The number of aryl methyl sites for hydroxylation is 1. The molecule has 2 aromatic carbocycles. The Labute approximate surface area is 282 Å². The van der Waals surface area contributed by atoms with Gasteiger partial charge in [-0.3, -0.25) is 19.9 Å². The Morgan fingerprint density at radius 1 is 1.12 bits per heavy atom. The summed E-state index contributed by atoms with van der Waals surface area (Å²) in [6.45, 7) is 0.871. The maximum absolute atomic E-state index is 14.0. The molecule has 1 heterocycles. The second-order valence-corrected chi connectivity index (χ2v) is 12.8. The Morgan fingerprint density at radius 3 is 2.67 bits per heavy atom. The summed E-state index contributed by atoms with van der Waals surface area (Å²) in [6, 6.07) is 14.5. The third-order valence-corrected chi connectivity index (χ3v) is 9.35. The Kier molecular flexibility index (Phi) is 12.1. The van der Waals surface area contributed by atoms with Crippen molar-refractivity contribution in [2.45, 2.75) is 81.8 Å². The van der Waals surface area contributed by atoms with Gasteiger partial charge in [0.1, 0.15) is 18.0 Å². The third-order valence-electron chi connectivity index (χ3n) is 9.35. The maximum atomic E-state index is 14.0. The number of aliphatic imine (C=N–C) groups is 1. The molecule has 4 unspecified atom stereocenters. The van der Waals surface area contributed by atoms with Crippen LogP contribution in [0.5, 0.6) is 5.75 Å². The van der Waals surface area contributed by atoms with Gasteiger partial charge in [-0.15, -0.1) is 0 Å². The summed E-state index contributed by atoms with van der Waals surface area (Å²) in [5, 5.41) is 30.8. The van der Waals surface area contributed by atoms with Crippen molar-refractivity contribution in [2.75, 3.05) is 20.1 Å². The molecule has 256 valence electrons. The van der Waals surface area contributed by atoms with Crippen molar-refractivity contribution < 1.29 is 19.8 Å². The van der Waals surface area contributed by atoms with Gasteiger partial charge in [0.15, 0.2) is 5.96 Å². The first-order chi connectivity index (χ1) is 23.2. The zero-order valence-electron chi connectivity index (χ0n) is 27.6.